The van der Waals surface area contributed by atoms with Gasteiger partial charge in [0.25, 0.3) is 0 Å². The molecule has 1 unspecified atom stereocenters. The second-order valence-electron chi connectivity index (χ2n) is 4.65. The van der Waals surface area contributed by atoms with Crippen molar-refractivity contribution in [2.45, 2.75) is 38.3 Å². The summed E-state index contributed by atoms with van der Waals surface area (Å²) in [4.78, 5) is 4.09. The van der Waals surface area contributed by atoms with Gasteiger partial charge in [0, 0.05) is 20.4 Å². The molecule has 1 rings (SSSR count). The molecule has 1 heterocycles. The minimum absolute atomic E-state index is 0.113. The molecule has 3 N–H and O–H groups in total. The lowest BCUT2D eigenvalue weighted by Gasteiger charge is -2.25. The van der Waals surface area contributed by atoms with E-state index in [0.29, 0.717) is 0 Å². The van der Waals surface area contributed by atoms with Crippen LogP contribution < -0.4 is 11.3 Å². The average molecular weight is 226 g/mol. The van der Waals surface area contributed by atoms with Crippen LogP contribution in [0.4, 0.5) is 0 Å². The number of hydrogen-bond donors (Lipinski definition) is 2. The van der Waals surface area contributed by atoms with E-state index in [2.05, 4.69) is 24.3 Å². The van der Waals surface area contributed by atoms with Gasteiger partial charge in [-0.1, -0.05) is 0 Å². The van der Waals surface area contributed by atoms with Crippen molar-refractivity contribution >= 4 is 0 Å². The summed E-state index contributed by atoms with van der Waals surface area (Å²) in [5.41, 5.74) is 3.80. The van der Waals surface area contributed by atoms with Crippen molar-refractivity contribution in [1.82, 2.24) is 15.0 Å². The third-order valence-corrected chi connectivity index (χ3v) is 3.00. The number of nitrogens with zero attached hydrogens (tertiary/aromatic N) is 2. The van der Waals surface area contributed by atoms with E-state index >= 15 is 0 Å². The van der Waals surface area contributed by atoms with Gasteiger partial charge in [-0.05, 0) is 26.7 Å². The van der Waals surface area contributed by atoms with E-state index in [1.54, 1.807) is 13.4 Å². The summed E-state index contributed by atoms with van der Waals surface area (Å²) >= 11 is 0. The molecule has 16 heavy (non-hydrogen) atoms. The second kappa shape index (κ2) is 5.43. The Hall–Kier alpha value is -0.910. The number of aromatic nitrogens is 2. The normalized spacial score (nSPS) is 14.1. The Morgan fingerprint density at radius 3 is 2.75 bits per heavy atom. The molecule has 0 spiro atoms. The fourth-order valence-electron chi connectivity index (χ4n) is 1.61. The number of aryl methyl sites for hydroxylation is 1. The van der Waals surface area contributed by atoms with Gasteiger partial charge in [0.05, 0.1) is 23.7 Å². The molecule has 0 bridgehead atoms. The third kappa shape index (κ3) is 3.30. The molecule has 1 aromatic rings. The van der Waals surface area contributed by atoms with E-state index in [4.69, 9.17) is 10.6 Å². The molecule has 0 saturated carbocycles. The molecule has 0 amide bonds. The smallest absolute Gasteiger partial charge is 0.0946 e. The number of nitrogens with two attached hydrogens (primary N) is 1. The number of rotatable bonds is 6. The zero-order valence-corrected chi connectivity index (χ0v) is 10.5. The van der Waals surface area contributed by atoms with Gasteiger partial charge in [0.15, 0.2) is 0 Å². The molecule has 5 heteroatoms. The van der Waals surface area contributed by atoms with Gasteiger partial charge in [-0.3, -0.25) is 11.3 Å². The summed E-state index contributed by atoms with van der Waals surface area (Å²) in [5, 5.41) is 0. The van der Waals surface area contributed by atoms with Crippen LogP contribution >= 0.6 is 0 Å². The molecular weight excluding hydrogens is 204 g/mol. The van der Waals surface area contributed by atoms with E-state index in [1.165, 1.54) is 0 Å². The summed E-state index contributed by atoms with van der Waals surface area (Å²) in [7, 11) is 3.70. The van der Waals surface area contributed by atoms with Gasteiger partial charge < -0.3 is 9.30 Å². The highest BCUT2D eigenvalue weighted by Crippen LogP contribution is 2.23. The number of hydrazine groups is 1. The van der Waals surface area contributed by atoms with Gasteiger partial charge in [-0.15, -0.1) is 0 Å². The molecule has 5 nitrogen and oxygen atoms in total. The molecule has 0 aliphatic rings. The topological polar surface area (TPSA) is 65.1 Å². The maximum Gasteiger partial charge on any atom is 0.0946 e. The number of hydrogen-bond acceptors (Lipinski definition) is 4. The first-order valence-corrected chi connectivity index (χ1v) is 5.47. The average Bonchev–Trinajstić information content (AvgIpc) is 2.66. The molecule has 0 fully saturated rings. The Morgan fingerprint density at radius 2 is 2.31 bits per heavy atom. The monoisotopic (exact) mass is 226 g/mol. The van der Waals surface area contributed by atoms with Crippen molar-refractivity contribution in [3.63, 3.8) is 0 Å². The summed E-state index contributed by atoms with van der Waals surface area (Å²) in [6, 6.07) is 0.113. The molecule has 1 aromatic heterocycles. The number of imidazole rings is 1. The molecular formula is C11H22N4O. The summed E-state index contributed by atoms with van der Waals surface area (Å²) in [6.07, 6.45) is 5.46. The van der Waals surface area contributed by atoms with Crippen LogP contribution in [0.5, 0.6) is 0 Å². The van der Waals surface area contributed by atoms with Gasteiger partial charge in [-0.2, -0.15) is 0 Å². The zero-order chi connectivity index (χ0) is 12.2. The van der Waals surface area contributed by atoms with Crippen LogP contribution in [0.3, 0.4) is 0 Å². The van der Waals surface area contributed by atoms with Crippen molar-refractivity contribution < 1.29 is 4.74 Å². The van der Waals surface area contributed by atoms with Crippen molar-refractivity contribution in [3.05, 3.63) is 18.2 Å². The summed E-state index contributed by atoms with van der Waals surface area (Å²) < 4.78 is 7.37. The van der Waals surface area contributed by atoms with Crippen LogP contribution in [0, 0.1) is 0 Å². The van der Waals surface area contributed by atoms with Crippen LogP contribution in [0.25, 0.3) is 0 Å². The lowest BCUT2D eigenvalue weighted by atomic mass is 9.98. The molecule has 0 aromatic carbocycles. The summed E-state index contributed by atoms with van der Waals surface area (Å²) in [6.45, 7) is 4.15. The second-order valence-corrected chi connectivity index (χ2v) is 4.65. The first kappa shape index (κ1) is 13.2. The van der Waals surface area contributed by atoms with Crippen molar-refractivity contribution in [3.8, 4) is 0 Å². The van der Waals surface area contributed by atoms with Gasteiger partial charge in [-0.25, -0.2) is 4.98 Å². The minimum atomic E-state index is -0.117. The van der Waals surface area contributed by atoms with E-state index in [1.807, 2.05) is 17.8 Å². The molecule has 0 saturated heterocycles. The van der Waals surface area contributed by atoms with Crippen molar-refractivity contribution in [2.75, 3.05) is 7.11 Å². The summed E-state index contributed by atoms with van der Waals surface area (Å²) in [5.74, 6) is 5.57. The Bertz CT molecular complexity index is 322. The first-order valence-electron chi connectivity index (χ1n) is 5.47. The fraction of sp³-hybridized carbons (Fsp3) is 0.727. The Labute approximate surface area is 97.0 Å². The lowest BCUT2D eigenvalue weighted by molar-refractivity contribution is 0.0115. The Morgan fingerprint density at radius 1 is 1.62 bits per heavy atom. The molecule has 92 valence electrons. The van der Waals surface area contributed by atoms with Crippen LogP contribution in [0.1, 0.15) is 38.4 Å². The van der Waals surface area contributed by atoms with Crippen LogP contribution in [0.15, 0.2) is 12.5 Å². The van der Waals surface area contributed by atoms with E-state index < -0.39 is 0 Å². The fourth-order valence-corrected chi connectivity index (χ4v) is 1.61. The van der Waals surface area contributed by atoms with E-state index in [0.717, 1.165) is 18.5 Å². The highest BCUT2D eigenvalue weighted by Gasteiger charge is 2.20. The maximum absolute atomic E-state index is 5.57. The van der Waals surface area contributed by atoms with Crippen molar-refractivity contribution in [2.24, 2.45) is 12.9 Å². The van der Waals surface area contributed by atoms with E-state index in [9.17, 15) is 0 Å². The van der Waals surface area contributed by atoms with Gasteiger partial charge >= 0.3 is 0 Å². The minimum Gasteiger partial charge on any atom is -0.379 e. The molecule has 1 atom stereocenters. The Kier molecular flexibility index (Phi) is 4.46. The highest BCUT2D eigenvalue weighted by molar-refractivity contribution is 5.04. The predicted molar refractivity (Wildman–Crippen MR) is 63.6 cm³/mol. The lowest BCUT2D eigenvalue weighted by Crippen LogP contribution is -2.32. The SMILES string of the molecule is COC(C)(C)CCC(NN)c1cncn1C. The third-order valence-electron chi connectivity index (χ3n) is 3.00. The Balaban J connectivity index is 2.60. The van der Waals surface area contributed by atoms with Gasteiger partial charge in [0.1, 0.15) is 0 Å². The molecule has 0 aliphatic carbocycles. The van der Waals surface area contributed by atoms with Crippen molar-refractivity contribution in [1.29, 1.82) is 0 Å². The van der Waals surface area contributed by atoms with Crippen LogP contribution in [-0.4, -0.2) is 22.3 Å². The number of ether oxygens (including phenoxy) is 1. The first-order chi connectivity index (χ1) is 7.50. The van der Waals surface area contributed by atoms with Gasteiger partial charge in [0.2, 0.25) is 0 Å². The highest BCUT2D eigenvalue weighted by atomic mass is 16.5. The standard InChI is InChI=1S/C11H22N4O/c1-11(2,16-4)6-5-9(14-12)10-7-13-8-15(10)3/h7-9,14H,5-6,12H2,1-4H3. The van der Waals surface area contributed by atoms with E-state index in [-0.39, 0.29) is 11.6 Å². The number of methoxy groups -OCH3 is 1. The zero-order valence-electron chi connectivity index (χ0n) is 10.5. The molecule has 0 aliphatic heterocycles. The number of nitrogens with one attached hydrogen (secondary N) is 1. The van der Waals surface area contributed by atoms with Crippen LogP contribution in [-0.2, 0) is 11.8 Å². The largest absolute Gasteiger partial charge is 0.379 e. The quantitative estimate of drug-likeness (QED) is 0.564. The van der Waals surface area contributed by atoms with Crippen LogP contribution in [0.2, 0.25) is 0 Å². The maximum atomic E-state index is 5.57. The molecule has 0 radical (unpaired) electrons. The predicted octanol–water partition coefficient (Wildman–Crippen LogP) is 1.13.